The molecule has 3 aromatic carbocycles. The molecule has 3 aromatic rings. The Hall–Kier alpha value is -3.70. The van der Waals surface area contributed by atoms with Crippen molar-refractivity contribution in [3.63, 3.8) is 0 Å². The van der Waals surface area contributed by atoms with Crippen LogP contribution in [0.4, 0.5) is 10.5 Å². The van der Waals surface area contributed by atoms with Gasteiger partial charge in [0.1, 0.15) is 5.57 Å². The van der Waals surface area contributed by atoms with Gasteiger partial charge in [-0.1, -0.05) is 77.3 Å². The topological polar surface area (TPSA) is 66.5 Å². The third kappa shape index (κ3) is 4.34. The van der Waals surface area contributed by atoms with Gasteiger partial charge >= 0.3 is 6.03 Å². The minimum absolute atomic E-state index is 0.127. The zero-order valence-corrected chi connectivity index (χ0v) is 18.4. The van der Waals surface area contributed by atoms with Gasteiger partial charge in [-0.15, -0.1) is 0 Å². The minimum Gasteiger partial charge on any atom is -0.273 e. The average molecular weight is 445 g/mol. The second-order valence-corrected chi connectivity index (χ2v) is 8.19. The Balaban J connectivity index is 1.73. The van der Waals surface area contributed by atoms with E-state index in [-0.39, 0.29) is 16.3 Å². The zero-order chi connectivity index (χ0) is 22.8. The van der Waals surface area contributed by atoms with Crippen molar-refractivity contribution in [3.8, 4) is 0 Å². The Kier molecular flexibility index (Phi) is 5.93. The SMILES string of the molecule is Cc1cc(C)cc(Cc2ccccc2/C=C2\C(=O)NC(=O)N(c3ccccc3Cl)C2=O)c1. The number of urea groups is 1. The molecule has 0 spiro atoms. The first-order chi connectivity index (χ1) is 15.3. The van der Waals surface area contributed by atoms with Gasteiger partial charge in [0.2, 0.25) is 0 Å². The first kappa shape index (κ1) is 21.5. The number of aryl methyl sites for hydroxylation is 2. The second-order valence-electron chi connectivity index (χ2n) is 7.78. The maximum absolute atomic E-state index is 13.2. The number of carbonyl (C=O) groups excluding carboxylic acids is 3. The van der Waals surface area contributed by atoms with Gasteiger partial charge in [0.25, 0.3) is 11.8 Å². The lowest BCUT2D eigenvalue weighted by Gasteiger charge is -2.27. The highest BCUT2D eigenvalue weighted by Crippen LogP contribution is 2.29. The number of amides is 4. The summed E-state index contributed by atoms with van der Waals surface area (Å²) in [6.07, 6.45) is 2.18. The number of anilines is 1. The smallest absolute Gasteiger partial charge is 0.273 e. The summed E-state index contributed by atoms with van der Waals surface area (Å²) in [5.41, 5.74) is 5.28. The number of halogens is 1. The number of imide groups is 2. The number of rotatable bonds is 4. The third-order valence-corrected chi connectivity index (χ3v) is 5.55. The molecule has 1 aliphatic rings. The van der Waals surface area contributed by atoms with E-state index in [4.69, 9.17) is 11.6 Å². The number of nitrogens with one attached hydrogen (secondary N) is 1. The summed E-state index contributed by atoms with van der Waals surface area (Å²) in [7, 11) is 0. The highest BCUT2D eigenvalue weighted by Gasteiger charge is 2.37. The van der Waals surface area contributed by atoms with Gasteiger partial charge in [-0.3, -0.25) is 14.9 Å². The van der Waals surface area contributed by atoms with Crippen LogP contribution in [0.5, 0.6) is 0 Å². The maximum atomic E-state index is 13.2. The lowest BCUT2D eigenvalue weighted by atomic mass is 9.95. The van der Waals surface area contributed by atoms with Crippen molar-refractivity contribution in [3.05, 3.63) is 105 Å². The molecule has 160 valence electrons. The van der Waals surface area contributed by atoms with Crippen molar-refractivity contribution in [1.29, 1.82) is 0 Å². The average Bonchev–Trinajstić information content (AvgIpc) is 2.73. The normalized spacial score (nSPS) is 15.3. The first-order valence-electron chi connectivity index (χ1n) is 10.1. The maximum Gasteiger partial charge on any atom is 0.335 e. The number of nitrogens with zero attached hydrogens (tertiary/aromatic N) is 1. The van der Waals surface area contributed by atoms with Crippen LogP contribution in [-0.2, 0) is 16.0 Å². The second kappa shape index (κ2) is 8.81. The Morgan fingerprint density at radius 2 is 1.56 bits per heavy atom. The molecule has 0 bridgehead atoms. The zero-order valence-electron chi connectivity index (χ0n) is 17.7. The van der Waals surface area contributed by atoms with Gasteiger partial charge in [0.05, 0.1) is 10.7 Å². The van der Waals surface area contributed by atoms with Crippen LogP contribution in [0.1, 0.15) is 27.8 Å². The van der Waals surface area contributed by atoms with Gasteiger partial charge in [-0.05, 0) is 55.2 Å². The fraction of sp³-hybridized carbons (Fsp3) is 0.115. The van der Waals surface area contributed by atoms with Crippen LogP contribution in [0.15, 0.2) is 72.3 Å². The summed E-state index contributed by atoms with van der Waals surface area (Å²) < 4.78 is 0. The molecular weight excluding hydrogens is 424 g/mol. The number of para-hydroxylation sites is 1. The summed E-state index contributed by atoms with van der Waals surface area (Å²) in [5, 5.41) is 2.48. The van der Waals surface area contributed by atoms with Crippen LogP contribution >= 0.6 is 11.6 Å². The van der Waals surface area contributed by atoms with E-state index in [9.17, 15) is 14.4 Å². The number of hydrogen-bond donors (Lipinski definition) is 1. The summed E-state index contributed by atoms with van der Waals surface area (Å²) in [6, 6.07) is 19.6. The predicted molar refractivity (Wildman–Crippen MR) is 126 cm³/mol. The van der Waals surface area contributed by atoms with Crippen molar-refractivity contribution in [2.24, 2.45) is 0 Å². The van der Waals surface area contributed by atoms with Crippen molar-refractivity contribution in [2.45, 2.75) is 20.3 Å². The summed E-state index contributed by atoms with van der Waals surface area (Å²) in [5.74, 6) is -1.45. The molecule has 0 aromatic heterocycles. The Bertz CT molecular complexity index is 1260. The first-order valence-corrected chi connectivity index (χ1v) is 10.5. The molecule has 6 heteroatoms. The van der Waals surface area contributed by atoms with E-state index in [0.717, 1.165) is 21.6 Å². The Labute approximate surface area is 191 Å². The van der Waals surface area contributed by atoms with E-state index >= 15 is 0 Å². The lowest BCUT2D eigenvalue weighted by Crippen LogP contribution is -2.54. The summed E-state index contributed by atoms with van der Waals surface area (Å²) in [4.78, 5) is 39.1. The van der Waals surface area contributed by atoms with Crippen LogP contribution in [0.3, 0.4) is 0 Å². The van der Waals surface area contributed by atoms with Crippen LogP contribution < -0.4 is 10.2 Å². The third-order valence-electron chi connectivity index (χ3n) is 5.23. The molecule has 1 aliphatic heterocycles. The molecule has 1 saturated heterocycles. The van der Waals surface area contributed by atoms with Crippen LogP contribution in [-0.4, -0.2) is 17.8 Å². The summed E-state index contributed by atoms with van der Waals surface area (Å²) in [6.45, 7) is 4.10. The van der Waals surface area contributed by atoms with E-state index in [2.05, 4.69) is 37.4 Å². The van der Waals surface area contributed by atoms with E-state index in [1.165, 1.54) is 17.2 Å². The van der Waals surface area contributed by atoms with Crippen molar-refractivity contribution >= 4 is 41.2 Å². The molecule has 0 saturated carbocycles. The van der Waals surface area contributed by atoms with E-state index in [1.807, 2.05) is 24.3 Å². The molecule has 1 N–H and O–H groups in total. The molecule has 0 radical (unpaired) electrons. The summed E-state index contributed by atoms with van der Waals surface area (Å²) >= 11 is 6.20. The Morgan fingerprint density at radius 1 is 0.906 bits per heavy atom. The molecular formula is C26H21ClN2O3. The highest BCUT2D eigenvalue weighted by molar-refractivity contribution is 6.42. The number of hydrogen-bond acceptors (Lipinski definition) is 3. The largest absolute Gasteiger partial charge is 0.335 e. The predicted octanol–water partition coefficient (Wildman–Crippen LogP) is 5.21. The molecule has 4 rings (SSSR count). The van der Waals surface area contributed by atoms with Gasteiger partial charge in [-0.2, -0.15) is 0 Å². The quantitative estimate of drug-likeness (QED) is 0.443. The molecule has 0 aliphatic carbocycles. The molecule has 32 heavy (non-hydrogen) atoms. The molecule has 5 nitrogen and oxygen atoms in total. The van der Waals surface area contributed by atoms with E-state index in [0.29, 0.717) is 6.42 Å². The van der Waals surface area contributed by atoms with E-state index < -0.39 is 17.8 Å². The lowest BCUT2D eigenvalue weighted by molar-refractivity contribution is -0.122. The van der Waals surface area contributed by atoms with Gasteiger partial charge < -0.3 is 0 Å². The van der Waals surface area contributed by atoms with Crippen molar-refractivity contribution < 1.29 is 14.4 Å². The molecule has 1 fully saturated rings. The van der Waals surface area contributed by atoms with Crippen LogP contribution in [0.25, 0.3) is 6.08 Å². The van der Waals surface area contributed by atoms with Crippen molar-refractivity contribution in [2.75, 3.05) is 4.90 Å². The van der Waals surface area contributed by atoms with Gasteiger partial charge in [0, 0.05) is 0 Å². The monoisotopic (exact) mass is 444 g/mol. The fourth-order valence-electron chi connectivity index (χ4n) is 3.89. The van der Waals surface area contributed by atoms with Crippen molar-refractivity contribution in [1.82, 2.24) is 5.32 Å². The minimum atomic E-state index is -0.825. The molecule has 0 unspecified atom stereocenters. The number of barbiturate groups is 1. The highest BCUT2D eigenvalue weighted by atomic mass is 35.5. The van der Waals surface area contributed by atoms with Crippen LogP contribution in [0.2, 0.25) is 5.02 Å². The van der Waals surface area contributed by atoms with Gasteiger partial charge in [0.15, 0.2) is 0 Å². The number of benzene rings is 3. The Morgan fingerprint density at radius 3 is 2.28 bits per heavy atom. The molecule has 4 amide bonds. The van der Waals surface area contributed by atoms with E-state index in [1.54, 1.807) is 24.3 Å². The van der Waals surface area contributed by atoms with Crippen LogP contribution in [0, 0.1) is 13.8 Å². The standard InChI is InChI=1S/C26H21ClN2O3/c1-16-11-17(2)13-18(12-16)14-19-7-3-4-8-20(19)15-21-24(30)28-26(32)29(25(21)31)23-10-6-5-9-22(23)27/h3-13,15H,14H2,1-2H3,(H,28,30,32)/b21-15+. The number of carbonyl (C=O) groups is 3. The molecule has 1 heterocycles. The fourth-order valence-corrected chi connectivity index (χ4v) is 4.11. The molecule has 0 atom stereocenters. The van der Waals surface area contributed by atoms with Gasteiger partial charge in [-0.25, -0.2) is 9.69 Å².